The molecule has 3 nitrogen and oxygen atoms in total. The van der Waals surface area contributed by atoms with Crippen LogP contribution in [0.4, 0.5) is 0 Å². The Hall–Kier alpha value is -4.89. The number of aromatic nitrogens is 3. The molecule has 204 valence electrons. The van der Waals surface area contributed by atoms with Crippen molar-refractivity contribution in [3.8, 4) is 45.3 Å². The third-order valence-corrected chi connectivity index (χ3v) is 8.58. The van der Waals surface area contributed by atoms with Crippen LogP contribution in [0, 0.1) is 27.7 Å². The highest BCUT2D eigenvalue weighted by atomic mass is 15.0. The lowest BCUT2D eigenvalue weighted by Crippen LogP contribution is -2.04. The minimum atomic E-state index is 0.708. The van der Waals surface area contributed by atoms with E-state index in [1.807, 2.05) is 13.8 Å². The normalized spacial score (nSPS) is 11.6. The molecule has 1 aromatic heterocycles. The molecule has 0 bridgehead atoms. The van der Waals surface area contributed by atoms with Crippen LogP contribution in [0.1, 0.15) is 36.1 Å². The Morgan fingerprint density at radius 3 is 1.43 bits per heavy atom. The number of hydrogen-bond donors (Lipinski definition) is 0. The monoisotopic (exact) mass is 543 g/mol. The number of aryl methyl sites for hydroxylation is 4. The van der Waals surface area contributed by atoms with E-state index < -0.39 is 0 Å². The van der Waals surface area contributed by atoms with E-state index in [2.05, 4.69) is 119 Å². The van der Waals surface area contributed by atoms with Gasteiger partial charge in [-0.25, -0.2) is 15.0 Å². The average Bonchev–Trinajstić information content (AvgIpc) is 3.35. The Kier molecular flexibility index (Phi) is 6.13. The molecule has 0 aliphatic heterocycles. The van der Waals surface area contributed by atoms with Crippen molar-refractivity contribution in [1.29, 1.82) is 0 Å². The lowest BCUT2D eigenvalue weighted by Gasteiger charge is -2.15. The molecule has 0 radical (unpaired) electrons. The van der Waals surface area contributed by atoms with E-state index in [0.29, 0.717) is 5.82 Å². The van der Waals surface area contributed by atoms with Crippen LogP contribution < -0.4 is 0 Å². The van der Waals surface area contributed by atoms with Crippen molar-refractivity contribution in [2.75, 3.05) is 0 Å². The van der Waals surface area contributed by atoms with E-state index in [0.717, 1.165) is 50.6 Å². The molecule has 3 heteroatoms. The molecule has 0 N–H and O–H groups in total. The molecule has 8 rings (SSSR count). The Bertz CT molecular complexity index is 2100. The second-order valence-electron chi connectivity index (χ2n) is 11.1. The average molecular weight is 544 g/mol. The van der Waals surface area contributed by atoms with E-state index >= 15 is 0 Å². The first-order valence-electron chi connectivity index (χ1n) is 14.8. The summed E-state index contributed by atoms with van der Waals surface area (Å²) >= 11 is 0. The van der Waals surface area contributed by atoms with Crippen LogP contribution in [0.3, 0.4) is 0 Å². The third kappa shape index (κ3) is 3.77. The zero-order valence-corrected chi connectivity index (χ0v) is 25.0. The maximum Gasteiger partial charge on any atom is 0.164 e. The molecule has 0 fully saturated rings. The Morgan fingerprint density at radius 2 is 0.833 bits per heavy atom. The summed E-state index contributed by atoms with van der Waals surface area (Å²) in [5, 5.41) is 7.71. The Morgan fingerprint density at radius 1 is 0.381 bits per heavy atom. The van der Waals surface area contributed by atoms with E-state index in [1.165, 1.54) is 43.4 Å². The van der Waals surface area contributed by atoms with Gasteiger partial charge in [0.15, 0.2) is 17.5 Å². The molecule has 0 saturated carbocycles. The van der Waals surface area contributed by atoms with Crippen molar-refractivity contribution in [2.45, 2.75) is 41.5 Å². The predicted molar refractivity (Wildman–Crippen MR) is 178 cm³/mol. The van der Waals surface area contributed by atoms with Crippen LogP contribution >= 0.6 is 0 Å². The summed E-state index contributed by atoms with van der Waals surface area (Å²) in [6.07, 6.45) is 0. The lowest BCUT2D eigenvalue weighted by atomic mass is 9.96. The van der Waals surface area contributed by atoms with Gasteiger partial charge < -0.3 is 0 Å². The smallest absolute Gasteiger partial charge is 0.164 e. The SMILES string of the molecule is CC.Cc1cccc(C)c1-c1nc(-c2c(C)cccc2C)nc(-c2ccc3c4c2ccc2ccc5cccc-3c5c24)n1. The first-order chi connectivity index (χ1) is 20.5. The molecular weight excluding hydrogens is 510 g/mol. The summed E-state index contributed by atoms with van der Waals surface area (Å²) in [5.74, 6) is 2.15. The quantitative estimate of drug-likeness (QED) is 0.208. The fraction of sp³-hybridized carbons (Fsp3) is 0.154. The highest BCUT2D eigenvalue weighted by Gasteiger charge is 2.24. The number of nitrogens with zero attached hydrogens (tertiary/aromatic N) is 3. The van der Waals surface area contributed by atoms with Gasteiger partial charge in [0.2, 0.25) is 0 Å². The van der Waals surface area contributed by atoms with Crippen molar-refractivity contribution in [3.05, 3.63) is 113 Å². The van der Waals surface area contributed by atoms with Crippen molar-refractivity contribution in [3.63, 3.8) is 0 Å². The number of hydrogen-bond acceptors (Lipinski definition) is 3. The van der Waals surface area contributed by atoms with Gasteiger partial charge >= 0.3 is 0 Å². The third-order valence-electron chi connectivity index (χ3n) is 8.58. The van der Waals surface area contributed by atoms with Gasteiger partial charge in [0.05, 0.1) is 0 Å². The van der Waals surface area contributed by atoms with Crippen LogP contribution in [0.2, 0.25) is 0 Å². The molecule has 0 spiro atoms. The molecule has 1 aliphatic rings. The van der Waals surface area contributed by atoms with Crippen molar-refractivity contribution in [1.82, 2.24) is 15.0 Å². The molecular formula is C39H33N3. The summed E-state index contributed by atoms with van der Waals surface area (Å²) < 4.78 is 0. The summed E-state index contributed by atoms with van der Waals surface area (Å²) in [4.78, 5) is 15.5. The molecule has 0 atom stereocenters. The van der Waals surface area contributed by atoms with E-state index in [9.17, 15) is 0 Å². The van der Waals surface area contributed by atoms with Gasteiger partial charge in [-0.15, -0.1) is 0 Å². The minimum absolute atomic E-state index is 0.708. The molecule has 0 saturated heterocycles. The van der Waals surface area contributed by atoms with Crippen LogP contribution in [0.25, 0.3) is 77.6 Å². The minimum Gasteiger partial charge on any atom is -0.208 e. The fourth-order valence-corrected chi connectivity index (χ4v) is 6.74. The van der Waals surface area contributed by atoms with Gasteiger partial charge in [0, 0.05) is 16.7 Å². The van der Waals surface area contributed by atoms with Gasteiger partial charge in [-0.05, 0) is 99.5 Å². The molecule has 0 unspecified atom stereocenters. The van der Waals surface area contributed by atoms with Crippen LogP contribution in [-0.2, 0) is 0 Å². The molecule has 1 heterocycles. The first kappa shape index (κ1) is 26.0. The molecule has 0 amide bonds. The highest BCUT2D eigenvalue weighted by Crippen LogP contribution is 2.49. The molecule has 6 aromatic carbocycles. The van der Waals surface area contributed by atoms with E-state index in [1.54, 1.807) is 0 Å². The standard InChI is InChI=1S/C37H27N3.C2H6/c1-20-8-5-9-21(2)30(20)36-38-35(39-37(40-36)31-22(3)10-6-11-23(31)4)29-19-18-27-26-13-7-12-24-14-15-25-16-17-28(29)34(27)33(25)32(24)26;1-2/h5-19H,1-4H3;1-2H3. The summed E-state index contributed by atoms with van der Waals surface area (Å²) in [6.45, 7) is 12.5. The zero-order valence-electron chi connectivity index (χ0n) is 25.0. The van der Waals surface area contributed by atoms with Crippen molar-refractivity contribution >= 4 is 32.3 Å². The molecule has 42 heavy (non-hydrogen) atoms. The molecule has 7 aromatic rings. The summed E-state index contributed by atoms with van der Waals surface area (Å²) in [6, 6.07) is 32.7. The zero-order chi connectivity index (χ0) is 29.1. The number of benzene rings is 6. The second kappa shape index (κ2) is 9.88. The van der Waals surface area contributed by atoms with Crippen LogP contribution in [-0.4, -0.2) is 15.0 Å². The maximum absolute atomic E-state index is 5.18. The maximum atomic E-state index is 5.18. The van der Waals surface area contributed by atoms with Gasteiger partial charge in [-0.2, -0.15) is 0 Å². The first-order valence-corrected chi connectivity index (χ1v) is 14.8. The highest BCUT2D eigenvalue weighted by molar-refractivity contribution is 6.34. The predicted octanol–water partition coefficient (Wildman–Crippen LogP) is 10.6. The fourth-order valence-electron chi connectivity index (χ4n) is 6.74. The van der Waals surface area contributed by atoms with Gasteiger partial charge in [-0.1, -0.05) is 98.8 Å². The largest absolute Gasteiger partial charge is 0.208 e. The summed E-state index contributed by atoms with van der Waals surface area (Å²) in [5.41, 5.74) is 10.4. The number of fused-ring (bicyclic) bond motifs is 1. The Labute approximate surface area is 246 Å². The van der Waals surface area contributed by atoms with Gasteiger partial charge in [-0.3, -0.25) is 0 Å². The lowest BCUT2D eigenvalue weighted by molar-refractivity contribution is 1.06. The van der Waals surface area contributed by atoms with Crippen LogP contribution in [0.5, 0.6) is 0 Å². The second-order valence-corrected chi connectivity index (χ2v) is 11.1. The van der Waals surface area contributed by atoms with E-state index in [4.69, 9.17) is 15.0 Å². The van der Waals surface area contributed by atoms with Crippen molar-refractivity contribution < 1.29 is 0 Å². The van der Waals surface area contributed by atoms with Gasteiger partial charge in [0.1, 0.15) is 0 Å². The number of rotatable bonds is 3. The van der Waals surface area contributed by atoms with Crippen LogP contribution in [0.15, 0.2) is 91.0 Å². The van der Waals surface area contributed by atoms with Gasteiger partial charge in [0.25, 0.3) is 0 Å². The summed E-state index contributed by atoms with van der Waals surface area (Å²) in [7, 11) is 0. The van der Waals surface area contributed by atoms with Crippen molar-refractivity contribution in [2.24, 2.45) is 0 Å². The molecule has 1 aliphatic carbocycles. The topological polar surface area (TPSA) is 38.7 Å². The Balaban J connectivity index is 0.00000141. The van der Waals surface area contributed by atoms with E-state index in [-0.39, 0.29) is 0 Å².